The molecule has 0 saturated carbocycles. The summed E-state index contributed by atoms with van der Waals surface area (Å²) >= 11 is 0. The summed E-state index contributed by atoms with van der Waals surface area (Å²) in [5, 5.41) is 7.19. The summed E-state index contributed by atoms with van der Waals surface area (Å²) < 4.78 is 42.1. The highest BCUT2D eigenvalue weighted by atomic mass is 16.5. The smallest absolute Gasteiger partial charge is 0.165 e. The monoisotopic (exact) mass is 1110 g/mol. The maximum absolute atomic E-state index is 7.23. The highest BCUT2D eigenvalue weighted by Crippen LogP contribution is 2.50. The van der Waals surface area contributed by atoms with Crippen LogP contribution >= 0.6 is 0 Å². The van der Waals surface area contributed by atoms with Gasteiger partial charge in [-0.2, -0.15) is 0 Å². The topological polar surface area (TPSA) is 55.4 Å². The lowest BCUT2D eigenvalue weighted by Crippen LogP contribution is -2.07. The zero-order valence-corrected chi connectivity index (χ0v) is 53.5. The second-order valence-corrected chi connectivity index (χ2v) is 24.0. The van der Waals surface area contributed by atoms with Crippen LogP contribution in [0.25, 0.3) is 32.3 Å². The molecule has 0 radical (unpaired) electrons. The van der Waals surface area contributed by atoms with Gasteiger partial charge in [0.2, 0.25) is 0 Å². The van der Waals surface area contributed by atoms with E-state index in [1.54, 1.807) is 0 Å². The Bertz CT molecular complexity index is 2080. The van der Waals surface area contributed by atoms with Crippen molar-refractivity contribution in [3.8, 4) is 34.5 Å². The van der Waals surface area contributed by atoms with Crippen molar-refractivity contribution in [1.29, 1.82) is 0 Å². The lowest BCUT2D eigenvalue weighted by atomic mass is 9.88. The molecule has 0 heterocycles. The number of fused-ring (bicyclic) bond motifs is 6. The second kappa shape index (κ2) is 45.9. The molecule has 0 spiro atoms. The van der Waals surface area contributed by atoms with Crippen LogP contribution in [-0.4, -0.2) is 39.6 Å². The first-order valence-electron chi connectivity index (χ1n) is 34.9. The van der Waals surface area contributed by atoms with Crippen LogP contribution < -0.4 is 28.4 Å². The van der Waals surface area contributed by atoms with Crippen molar-refractivity contribution in [3.05, 3.63) is 35.9 Å². The van der Waals surface area contributed by atoms with Crippen molar-refractivity contribution < 1.29 is 28.4 Å². The number of benzene rings is 4. The van der Waals surface area contributed by atoms with Gasteiger partial charge >= 0.3 is 0 Å². The van der Waals surface area contributed by atoms with Gasteiger partial charge in [0, 0.05) is 5.56 Å². The van der Waals surface area contributed by atoms with E-state index in [1.165, 1.54) is 257 Å². The van der Waals surface area contributed by atoms with Gasteiger partial charge in [-0.05, 0) is 114 Å². The molecule has 6 nitrogen and oxygen atoms in total. The largest absolute Gasteiger partial charge is 0.490 e. The molecule has 0 unspecified atom stereocenters. The van der Waals surface area contributed by atoms with E-state index in [2.05, 4.69) is 78.8 Å². The maximum atomic E-state index is 7.23. The summed E-state index contributed by atoms with van der Waals surface area (Å²) in [7, 11) is 0. The Labute approximate surface area is 493 Å². The van der Waals surface area contributed by atoms with E-state index in [0.717, 1.165) is 91.2 Å². The fourth-order valence-corrected chi connectivity index (χ4v) is 11.6. The molecule has 4 aromatic carbocycles. The molecule has 0 N–H and O–H groups in total. The summed E-state index contributed by atoms with van der Waals surface area (Å²) in [4.78, 5) is 0. The zero-order chi connectivity index (χ0) is 56.9. The van der Waals surface area contributed by atoms with Crippen molar-refractivity contribution in [2.24, 2.45) is 0 Å². The molecule has 0 fully saturated rings. The molecular formula is C74H124O6. The molecule has 456 valence electrons. The molecule has 0 bridgehead atoms. The van der Waals surface area contributed by atoms with Crippen LogP contribution in [0.3, 0.4) is 0 Å². The second-order valence-electron chi connectivity index (χ2n) is 24.0. The predicted molar refractivity (Wildman–Crippen MR) is 349 cm³/mol. The molecule has 4 aromatic rings. The van der Waals surface area contributed by atoms with Crippen LogP contribution in [0.15, 0.2) is 30.3 Å². The Morgan fingerprint density at radius 2 is 0.425 bits per heavy atom. The summed E-state index contributed by atoms with van der Waals surface area (Å²) in [6.45, 7) is 20.2. The van der Waals surface area contributed by atoms with E-state index >= 15 is 0 Å². The Balaban J connectivity index is 2.03. The minimum absolute atomic E-state index is 0.678. The Morgan fingerprint density at radius 3 is 0.725 bits per heavy atom. The first kappa shape index (κ1) is 69.0. The Morgan fingerprint density at radius 1 is 0.212 bits per heavy atom. The number of unbranched alkanes of at least 4 members (excludes halogenated alkanes) is 35. The van der Waals surface area contributed by atoms with Crippen LogP contribution in [0.5, 0.6) is 34.5 Å². The van der Waals surface area contributed by atoms with Gasteiger partial charge < -0.3 is 28.4 Å². The molecule has 0 amide bonds. The molecule has 6 heteroatoms. The van der Waals surface area contributed by atoms with Gasteiger partial charge in [0.1, 0.15) is 0 Å². The van der Waals surface area contributed by atoms with Crippen LogP contribution in [-0.2, 0) is 6.42 Å². The quantitative estimate of drug-likeness (QED) is 0.0324. The van der Waals surface area contributed by atoms with Crippen LogP contribution in [0.4, 0.5) is 0 Å². The van der Waals surface area contributed by atoms with E-state index in [-0.39, 0.29) is 0 Å². The fourth-order valence-electron chi connectivity index (χ4n) is 11.6. The standard InChI is InChI=1S/C74H124O6/c1-8-15-22-29-36-43-50-62-73-66-60-71(78-54-47-40-33-26-19-12-5)70(77-53-46-39-32-25-18-11-4)58-64(66)63-57-68(75-51-44-37-30-23-16-9-2)69(76-52-45-38-31-24-17-10-3)59-65(63)67(73)61-72(79-55-48-41-34-27-20-13-6)74(62)80-56-49-42-35-28-21-14-7/h57-61H,8-56H2,1-7H3. The van der Waals surface area contributed by atoms with Crippen molar-refractivity contribution in [2.45, 2.75) is 325 Å². The molecule has 0 saturated heterocycles. The van der Waals surface area contributed by atoms with Crippen molar-refractivity contribution in [2.75, 3.05) is 39.6 Å². The third-order valence-electron chi connectivity index (χ3n) is 16.7. The Kier molecular flexibility index (Phi) is 39.6. The van der Waals surface area contributed by atoms with Gasteiger partial charge in [0.15, 0.2) is 34.5 Å². The van der Waals surface area contributed by atoms with E-state index in [1.807, 2.05) is 0 Å². The fraction of sp³-hybridized carbons (Fsp3) is 0.757. The van der Waals surface area contributed by atoms with Gasteiger partial charge in [-0.25, -0.2) is 0 Å². The average Bonchev–Trinajstić information content (AvgIpc) is 3.47. The van der Waals surface area contributed by atoms with Crippen LogP contribution in [0.2, 0.25) is 0 Å². The summed E-state index contributed by atoms with van der Waals surface area (Å²) in [5.41, 5.74) is 1.29. The molecule has 0 aliphatic carbocycles. The van der Waals surface area contributed by atoms with Crippen LogP contribution in [0.1, 0.15) is 324 Å². The SMILES string of the molecule is CCCCCCCCOc1cc2c3cc(OCCCCCCCC)c(OCCCCCCCC)cc3c3c(CCCCCCCC)c(OCCCCCCCC)c(OCCCCCCCC)cc3c2cc1OCCCCCCCC. The van der Waals surface area contributed by atoms with Crippen molar-refractivity contribution in [3.63, 3.8) is 0 Å². The van der Waals surface area contributed by atoms with Crippen LogP contribution in [0, 0.1) is 0 Å². The third kappa shape index (κ3) is 26.8. The lowest BCUT2D eigenvalue weighted by molar-refractivity contribution is 0.257. The highest BCUT2D eigenvalue weighted by molar-refractivity contribution is 6.27. The summed E-state index contributed by atoms with van der Waals surface area (Å²) in [5.74, 6) is 5.27. The zero-order valence-electron chi connectivity index (χ0n) is 53.5. The maximum Gasteiger partial charge on any atom is 0.165 e. The first-order valence-corrected chi connectivity index (χ1v) is 34.9. The molecule has 0 aliphatic heterocycles. The molecule has 4 rings (SSSR count). The lowest BCUT2D eigenvalue weighted by Gasteiger charge is -2.23. The van der Waals surface area contributed by atoms with E-state index < -0.39 is 0 Å². The normalized spacial score (nSPS) is 11.6. The van der Waals surface area contributed by atoms with Crippen molar-refractivity contribution >= 4 is 32.3 Å². The molecule has 80 heavy (non-hydrogen) atoms. The molecule has 0 aromatic heterocycles. The van der Waals surface area contributed by atoms with Crippen molar-refractivity contribution in [1.82, 2.24) is 0 Å². The Hall–Kier alpha value is -3.54. The molecule has 0 atom stereocenters. The van der Waals surface area contributed by atoms with E-state index in [4.69, 9.17) is 28.4 Å². The average molecular weight is 1110 g/mol. The summed E-state index contributed by atoms with van der Waals surface area (Å²) in [6, 6.07) is 11.7. The predicted octanol–water partition coefficient (Wildman–Crippen LogP) is 24.5. The number of ether oxygens (including phenoxy) is 6. The third-order valence-corrected chi connectivity index (χ3v) is 16.7. The number of hydrogen-bond donors (Lipinski definition) is 0. The number of aryl methyl sites for hydroxylation is 1. The first-order chi connectivity index (χ1) is 39.6. The van der Waals surface area contributed by atoms with Gasteiger partial charge in [0.05, 0.1) is 39.6 Å². The van der Waals surface area contributed by atoms with Gasteiger partial charge in [-0.1, -0.05) is 273 Å². The van der Waals surface area contributed by atoms with Gasteiger partial charge in [-0.3, -0.25) is 0 Å². The molecular weight excluding hydrogens is 985 g/mol. The van der Waals surface area contributed by atoms with E-state index in [9.17, 15) is 0 Å². The molecule has 0 aliphatic rings. The minimum atomic E-state index is 0.678. The summed E-state index contributed by atoms with van der Waals surface area (Å²) in [6.07, 6.45) is 52.4. The number of hydrogen-bond acceptors (Lipinski definition) is 6. The van der Waals surface area contributed by atoms with Gasteiger partial charge in [0.25, 0.3) is 0 Å². The van der Waals surface area contributed by atoms with E-state index in [0.29, 0.717) is 39.6 Å². The van der Waals surface area contributed by atoms with Gasteiger partial charge in [-0.15, -0.1) is 0 Å². The highest BCUT2D eigenvalue weighted by Gasteiger charge is 2.25. The number of rotatable bonds is 55. The minimum Gasteiger partial charge on any atom is -0.490 e.